The van der Waals surface area contributed by atoms with Crippen LogP contribution in [-0.4, -0.2) is 17.4 Å². The van der Waals surface area contributed by atoms with Crippen LogP contribution in [0.15, 0.2) is 18.2 Å². The molecule has 0 saturated heterocycles. The first-order chi connectivity index (χ1) is 7.19. The number of ether oxygens (including phenoxy) is 1. The Hall–Kier alpha value is -1.29. The molecule has 4 nitrogen and oxygen atoms in total. The highest BCUT2D eigenvalue weighted by molar-refractivity contribution is 6.18. The lowest BCUT2D eigenvalue weighted by Gasteiger charge is -2.05. The molecule has 1 rings (SSSR count). The monoisotopic (exact) mass is 229 g/mol. The van der Waals surface area contributed by atoms with Crippen molar-refractivity contribution in [2.75, 3.05) is 12.5 Å². The summed E-state index contributed by atoms with van der Waals surface area (Å²) in [6.45, 7) is 2.21. The molecule has 0 aromatic heterocycles. The Labute approximate surface area is 93.0 Å². The number of aryl methyl sites for hydroxylation is 1. The molecule has 1 aromatic carbocycles. The van der Waals surface area contributed by atoms with E-state index in [1.54, 1.807) is 6.07 Å². The van der Waals surface area contributed by atoms with Crippen LogP contribution in [0.5, 0.6) is 5.75 Å². The predicted octanol–water partition coefficient (Wildman–Crippen LogP) is 2.77. The Morgan fingerprint density at radius 2 is 2.27 bits per heavy atom. The summed E-state index contributed by atoms with van der Waals surface area (Å²) >= 11 is 5.45. The summed E-state index contributed by atoms with van der Waals surface area (Å²) in [6, 6.07) is 4.96. The largest absolute Gasteiger partial charge is 0.486 e. The lowest BCUT2D eigenvalue weighted by molar-refractivity contribution is -0.385. The minimum Gasteiger partial charge on any atom is -0.486 e. The first kappa shape index (κ1) is 11.8. The second-order valence-electron chi connectivity index (χ2n) is 2.95. The molecule has 0 atom stereocenters. The van der Waals surface area contributed by atoms with Crippen molar-refractivity contribution in [1.29, 1.82) is 0 Å². The molecule has 0 unspecified atom stereocenters. The van der Waals surface area contributed by atoms with E-state index >= 15 is 0 Å². The maximum atomic E-state index is 10.7. The number of hydrogen-bond donors (Lipinski definition) is 0. The molecule has 15 heavy (non-hydrogen) atoms. The van der Waals surface area contributed by atoms with Gasteiger partial charge in [0.15, 0.2) is 5.75 Å². The summed E-state index contributed by atoms with van der Waals surface area (Å²) in [4.78, 5) is 10.3. The highest BCUT2D eigenvalue weighted by Crippen LogP contribution is 2.28. The van der Waals surface area contributed by atoms with Gasteiger partial charge in [-0.15, -0.1) is 11.6 Å². The van der Waals surface area contributed by atoms with Crippen LogP contribution >= 0.6 is 11.6 Å². The second-order valence-corrected chi connectivity index (χ2v) is 3.33. The molecule has 0 aliphatic carbocycles. The number of rotatable bonds is 5. The lowest BCUT2D eigenvalue weighted by atomic mass is 10.1. The fraction of sp³-hybridized carbons (Fsp3) is 0.400. The molecular formula is C10H12ClNO3. The molecule has 0 N–H and O–H groups in total. The summed E-state index contributed by atoms with van der Waals surface area (Å²) in [5.41, 5.74) is 0.916. The summed E-state index contributed by atoms with van der Waals surface area (Å²) in [5, 5.41) is 10.7. The summed E-state index contributed by atoms with van der Waals surface area (Å²) in [5.74, 6) is 0.588. The number of nitrogens with zero attached hydrogens (tertiary/aromatic N) is 1. The van der Waals surface area contributed by atoms with Crippen LogP contribution in [0.1, 0.15) is 12.5 Å². The van der Waals surface area contributed by atoms with Crippen molar-refractivity contribution in [2.45, 2.75) is 13.3 Å². The van der Waals surface area contributed by atoms with Gasteiger partial charge in [-0.05, 0) is 18.1 Å². The Morgan fingerprint density at radius 3 is 2.80 bits per heavy atom. The van der Waals surface area contributed by atoms with Crippen LogP contribution in [0.3, 0.4) is 0 Å². The summed E-state index contributed by atoms with van der Waals surface area (Å²) in [6.07, 6.45) is 0.761. The van der Waals surface area contributed by atoms with Gasteiger partial charge in [-0.1, -0.05) is 13.0 Å². The van der Waals surface area contributed by atoms with Gasteiger partial charge >= 0.3 is 5.69 Å². The van der Waals surface area contributed by atoms with E-state index < -0.39 is 4.92 Å². The van der Waals surface area contributed by atoms with Gasteiger partial charge in [0.2, 0.25) is 0 Å². The number of nitro benzene ring substituents is 1. The van der Waals surface area contributed by atoms with Gasteiger partial charge in [-0.2, -0.15) is 0 Å². The molecule has 0 radical (unpaired) electrons. The van der Waals surface area contributed by atoms with Gasteiger partial charge in [-0.25, -0.2) is 0 Å². The van der Waals surface area contributed by atoms with Crippen LogP contribution < -0.4 is 4.74 Å². The molecule has 0 aliphatic rings. The zero-order valence-corrected chi connectivity index (χ0v) is 9.16. The van der Waals surface area contributed by atoms with Gasteiger partial charge in [0.05, 0.1) is 10.8 Å². The van der Waals surface area contributed by atoms with E-state index in [1.807, 2.05) is 13.0 Å². The third-order valence-corrected chi connectivity index (χ3v) is 2.12. The first-order valence-electron chi connectivity index (χ1n) is 4.65. The number of halogens is 1. The minimum atomic E-state index is -0.442. The molecule has 5 heteroatoms. The number of nitro groups is 1. The molecule has 1 aromatic rings. The molecule has 0 aliphatic heterocycles. The van der Waals surface area contributed by atoms with Crippen molar-refractivity contribution < 1.29 is 9.66 Å². The van der Waals surface area contributed by atoms with Crippen molar-refractivity contribution in [2.24, 2.45) is 0 Å². The first-order valence-corrected chi connectivity index (χ1v) is 5.18. The third kappa shape index (κ3) is 3.09. The molecule has 0 saturated carbocycles. The van der Waals surface area contributed by atoms with Gasteiger partial charge in [0.1, 0.15) is 6.61 Å². The molecule has 0 amide bonds. The topological polar surface area (TPSA) is 52.4 Å². The molecule has 0 spiro atoms. The van der Waals surface area contributed by atoms with Crippen molar-refractivity contribution in [3.05, 3.63) is 33.9 Å². The van der Waals surface area contributed by atoms with E-state index in [9.17, 15) is 10.1 Å². The average molecular weight is 230 g/mol. The highest BCUT2D eigenvalue weighted by atomic mass is 35.5. The molecule has 82 valence electrons. The zero-order valence-electron chi connectivity index (χ0n) is 8.40. The highest BCUT2D eigenvalue weighted by Gasteiger charge is 2.15. The fourth-order valence-electron chi connectivity index (χ4n) is 1.20. The maximum absolute atomic E-state index is 10.7. The second kappa shape index (κ2) is 5.56. The van der Waals surface area contributed by atoms with Gasteiger partial charge in [0, 0.05) is 6.07 Å². The molecule has 0 bridgehead atoms. The minimum absolute atomic E-state index is 0.000494. The van der Waals surface area contributed by atoms with Crippen LogP contribution in [0.25, 0.3) is 0 Å². The van der Waals surface area contributed by atoms with Gasteiger partial charge < -0.3 is 4.74 Å². The SMILES string of the molecule is CCc1ccc(OCCCl)c([N+](=O)[O-])c1. The van der Waals surface area contributed by atoms with Crippen molar-refractivity contribution >= 4 is 17.3 Å². The summed E-state index contributed by atoms with van der Waals surface area (Å²) in [7, 11) is 0. The van der Waals surface area contributed by atoms with E-state index in [-0.39, 0.29) is 18.0 Å². The molecule has 0 heterocycles. The smallest absolute Gasteiger partial charge is 0.311 e. The zero-order chi connectivity index (χ0) is 11.3. The van der Waals surface area contributed by atoms with E-state index in [1.165, 1.54) is 6.07 Å². The van der Waals surface area contributed by atoms with Gasteiger partial charge in [0.25, 0.3) is 0 Å². The van der Waals surface area contributed by atoms with E-state index in [2.05, 4.69) is 0 Å². The van der Waals surface area contributed by atoms with E-state index in [0.29, 0.717) is 5.88 Å². The lowest BCUT2D eigenvalue weighted by Crippen LogP contribution is -2.01. The molecular weight excluding hydrogens is 218 g/mol. The number of benzene rings is 1. The third-order valence-electron chi connectivity index (χ3n) is 1.96. The Balaban J connectivity index is 2.98. The van der Waals surface area contributed by atoms with Gasteiger partial charge in [-0.3, -0.25) is 10.1 Å². The quantitative estimate of drug-likeness (QED) is 0.443. The van der Waals surface area contributed by atoms with Crippen molar-refractivity contribution in [3.8, 4) is 5.75 Å². The van der Waals surface area contributed by atoms with Crippen LogP contribution in [0.4, 0.5) is 5.69 Å². The normalized spacial score (nSPS) is 10.0. The summed E-state index contributed by atoms with van der Waals surface area (Å²) < 4.78 is 5.17. The Bertz CT molecular complexity index is 355. The average Bonchev–Trinajstić information content (AvgIpc) is 2.26. The number of hydrogen-bond acceptors (Lipinski definition) is 3. The Morgan fingerprint density at radius 1 is 1.53 bits per heavy atom. The fourth-order valence-corrected chi connectivity index (χ4v) is 1.27. The van der Waals surface area contributed by atoms with Crippen LogP contribution in [0.2, 0.25) is 0 Å². The van der Waals surface area contributed by atoms with Crippen molar-refractivity contribution in [1.82, 2.24) is 0 Å². The van der Waals surface area contributed by atoms with Crippen LogP contribution in [0, 0.1) is 10.1 Å². The van der Waals surface area contributed by atoms with E-state index in [0.717, 1.165) is 12.0 Å². The maximum Gasteiger partial charge on any atom is 0.311 e. The van der Waals surface area contributed by atoms with Crippen LogP contribution in [-0.2, 0) is 6.42 Å². The Kier molecular flexibility index (Phi) is 4.37. The standard InChI is InChI=1S/C10H12ClNO3/c1-2-8-3-4-10(15-6-5-11)9(7-8)12(13)14/h3-4,7H,2,5-6H2,1H3. The number of alkyl halides is 1. The predicted molar refractivity (Wildman–Crippen MR) is 58.7 cm³/mol. The van der Waals surface area contributed by atoms with E-state index in [4.69, 9.17) is 16.3 Å². The van der Waals surface area contributed by atoms with Crippen molar-refractivity contribution in [3.63, 3.8) is 0 Å². The molecule has 0 fully saturated rings.